The molecule has 0 saturated carbocycles. The quantitative estimate of drug-likeness (QED) is 0.392. The summed E-state index contributed by atoms with van der Waals surface area (Å²) in [6.07, 6.45) is 1.51. The van der Waals surface area contributed by atoms with E-state index in [2.05, 4.69) is 21.2 Å². The van der Waals surface area contributed by atoms with Crippen molar-refractivity contribution in [3.05, 3.63) is 89.5 Å². The maximum Gasteiger partial charge on any atom is 0.339 e. The molecule has 3 aromatic rings. The van der Waals surface area contributed by atoms with Gasteiger partial charge in [0.2, 0.25) is 0 Å². The summed E-state index contributed by atoms with van der Waals surface area (Å²) in [4.78, 5) is 23.9. The molecular formula is C24H24N4O3. The average molecular weight is 416 g/mol. The van der Waals surface area contributed by atoms with Gasteiger partial charge in [0.1, 0.15) is 5.75 Å². The number of amides is 3. The zero-order chi connectivity index (χ0) is 22.1. The van der Waals surface area contributed by atoms with Crippen molar-refractivity contribution in [1.82, 2.24) is 5.43 Å². The minimum atomic E-state index is -0.433. The lowest BCUT2D eigenvalue weighted by atomic mass is 10.1. The Morgan fingerprint density at radius 3 is 2.32 bits per heavy atom. The topological polar surface area (TPSA) is 91.8 Å². The Morgan fingerprint density at radius 2 is 1.61 bits per heavy atom. The molecule has 0 bridgehead atoms. The van der Waals surface area contributed by atoms with Crippen molar-refractivity contribution in [3.63, 3.8) is 0 Å². The van der Waals surface area contributed by atoms with Crippen LogP contribution in [0.4, 0.5) is 16.2 Å². The van der Waals surface area contributed by atoms with Gasteiger partial charge in [-0.2, -0.15) is 5.10 Å². The first kappa shape index (κ1) is 21.6. The Balaban J connectivity index is 1.43. The molecule has 0 aliphatic heterocycles. The summed E-state index contributed by atoms with van der Waals surface area (Å²) in [5.41, 5.74) is 6.88. The maximum absolute atomic E-state index is 12.1. The zero-order valence-electron chi connectivity index (χ0n) is 17.4. The van der Waals surface area contributed by atoms with E-state index in [0.717, 1.165) is 16.8 Å². The van der Waals surface area contributed by atoms with E-state index >= 15 is 0 Å². The third-order valence-corrected chi connectivity index (χ3v) is 4.45. The SMILES string of the molecule is Cc1ccc(NC(=O)COc2ccc(/C=N\NC(=O)Nc3ccccc3)cc2)cc1C. The van der Waals surface area contributed by atoms with Crippen LogP contribution in [0.2, 0.25) is 0 Å². The zero-order valence-corrected chi connectivity index (χ0v) is 17.4. The Kier molecular flexibility index (Phi) is 7.37. The van der Waals surface area contributed by atoms with E-state index in [4.69, 9.17) is 4.74 Å². The van der Waals surface area contributed by atoms with Crippen molar-refractivity contribution in [3.8, 4) is 5.75 Å². The molecule has 7 heteroatoms. The Hall–Kier alpha value is -4.13. The molecule has 0 unspecified atom stereocenters. The molecule has 0 spiro atoms. The number of nitrogens with zero attached hydrogens (tertiary/aromatic N) is 1. The van der Waals surface area contributed by atoms with Gasteiger partial charge in [0.15, 0.2) is 6.61 Å². The van der Waals surface area contributed by atoms with E-state index in [0.29, 0.717) is 11.4 Å². The number of aryl methyl sites for hydroxylation is 2. The molecule has 0 aliphatic carbocycles. The van der Waals surface area contributed by atoms with Gasteiger partial charge in [-0.3, -0.25) is 4.79 Å². The van der Waals surface area contributed by atoms with Crippen LogP contribution in [0, 0.1) is 13.8 Å². The fourth-order valence-electron chi connectivity index (χ4n) is 2.66. The van der Waals surface area contributed by atoms with Crippen LogP contribution in [0.25, 0.3) is 0 Å². The second-order valence-electron chi connectivity index (χ2n) is 6.90. The Labute approximate surface area is 181 Å². The second kappa shape index (κ2) is 10.6. The number of carbonyl (C=O) groups is 2. The molecule has 3 amide bonds. The number of hydrogen-bond donors (Lipinski definition) is 3. The minimum absolute atomic E-state index is 0.0957. The number of hydrazone groups is 1. The number of nitrogens with one attached hydrogen (secondary N) is 3. The van der Waals surface area contributed by atoms with Gasteiger partial charge < -0.3 is 15.4 Å². The Morgan fingerprint density at radius 1 is 0.871 bits per heavy atom. The highest BCUT2D eigenvalue weighted by molar-refractivity contribution is 5.92. The molecule has 0 aromatic heterocycles. The van der Waals surface area contributed by atoms with Crippen LogP contribution in [0.1, 0.15) is 16.7 Å². The fraction of sp³-hybridized carbons (Fsp3) is 0.125. The molecule has 7 nitrogen and oxygen atoms in total. The number of para-hydroxylation sites is 1. The molecule has 3 N–H and O–H groups in total. The van der Waals surface area contributed by atoms with Crippen LogP contribution in [-0.2, 0) is 4.79 Å². The molecule has 0 aliphatic rings. The molecular weight excluding hydrogens is 392 g/mol. The lowest BCUT2D eigenvalue weighted by Crippen LogP contribution is -2.24. The smallest absolute Gasteiger partial charge is 0.339 e. The van der Waals surface area contributed by atoms with Gasteiger partial charge in [0.05, 0.1) is 6.21 Å². The van der Waals surface area contributed by atoms with Gasteiger partial charge in [0.25, 0.3) is 5.91 Å². The van der Waals surface area contributed by atoms with E-state index in [1.54, 1.807) is 36.4 Å². The van der Waals surface area contributed by atoms with Crippen molar-refractivity contribution >= 4 is 29.5 Å². The summed E-state index contributed by atoms with van der Waals surface area (Å²) in [6, 6.07) is 21.4. The highest BCUT2D eigenvalue weighted by atomic mass is 16.5. The van der Waals surface area contributed by atoms with Crippen LogP contribution in [0.5, 0.6) is 5.75 Å². The summed E-state index contributed by atoms with van der Waals surface area (Å²) < 4.78 is 5.52. The minimum Gasteiger partial charge on any atom is -0.484 e. The lowest BCUT2D eigenvalue weighted by Gasteiger charge is -2.09. The molecule has 158 valence electrons. The largest absolute Gasteiger partial charge is 0.484 e. The van der Waals surface area contributed by atoms with Crippen molar-refractivity contribution in [2.75, 3.05) is 17.2 Å². The number of carbonyl (C=O) groups excluding carboxylic acids is 2. The van der Waals surface area contributed by atoms with Gasteiger partial charge in [-0.1, -0.05) is 24.3 Å². The molecule has 0 fully saturated rings. The average Bonchev–Trinajstić information content (AvgIpc) is 2.76. The number of anilines is 2. The first-order chi connectivity index (χ1) is 15.0. The highest BCUT2D eigenvalue weighted by Gasteiger charge is 2.05. The van der Waals surface area contributed by atoms with E-state index < -0.39 is 6.03 Å². The molecule has 0 atom stereocenters. The molecule has 0 saturated heterocycles. The maximum atomic E-state index is 12.1. The van der Waals surface area contributed by atoms with Crippen LogP contribution in [0.15, 0.2) is 77.9 Å². The Bertz CT molecular complexity index is 1060. The highest BCUT2D eigenvalue weighted by Crippen LogP contribution is 2.15. The van der Waals surface area contributed by atoms with E-state index in [1.165, 1.54) is 11.8 Å². The van der Waals surface area contributed by atoms with Gasteiger partial charge >= 0.3 is 6.03 Å². The normalized spacial score (nSPS) is 10.5. The van der Waals surface area contributed by atoms with Gasteiger partial charge in [-0.25, -0.2) is 10.2 Å². The standard InChI is InChI=1S/C24H24N4O3/c1-17-8-11-21(14-18(17)2)26-23(29)16-31-22-12-9-19(10-13-22)15-25-28-24(30)27-20-6-4-3-5-7-20/h3-15H,16H2,1-2H3,(H,26,29)(H2,27,28,30)/b25-15-. The van der Waals surface area contributed by atoms with Crippen molar-refractivity contribution in [1.29, 1.82) is 0 Å². The number of urea groups is 1. The number of ether oxygens (including phenoxy) is 1. The fourth-order valence-corrected chi connectivity index (χ4v) is 2.66. The van der Waals surface area contributed by atoms with Crippen molar-refractivity contribution in [2.45, 2.75) is 13.8 Å². The first-order valence-corrected chi connectivity index (χ1v) is 9.75. The van der Waals surface area contributed by atoms with Crippen LogP contribution < -0.4 is 20.8 Å². The van der Waals surface area contributed by atoms with Crippen molar-refractivity contribution < 1.29 is 14.3 Å². The summed E-state index contributed by atoms with van der Waals surface area (Å²) in [7, 11) is 0. The lowest BCUT2D eigenvalue weighted by molar-refractivity contribution is -0.118. The predicted octanol–water partition coefficient (Wildman–Crippen LogP) is 4.48. The summed E-state index contributed by atoms with van der Waals surface area (Å²) in [5, 5.41) is 9.39. The summed E-state index contributed by atoms with van der Waals surface area (Å²) >= 11 is 0. The molecule has 0 radical (unpaired) electrons. The van der Waals surface area contributed by atoms with Crippen molar-refractivity contribution in [2.24, 2.45) is 5.10 Å². The molecule has 3 aromatic carbocycles. The number of benzene rings is 3. The second-order valence-corrected chi connectivity index (χ2v) is 6.90. The third kappa shape index (κ3) is 7.01. The monoisotopic (exact) mass is 416 g/mol. The van der Waals surface area contributed by atoms with E-state index in [1.807, 2.05) is 50.2 Å². The van der Waals surface area contributed by atoms with Gasteiger partial charge in [-0.05, 0) is 79.1 Å². The van der Waals surface area contributed by atoms with Crippen LogP contribution in [0.3, 0.4) is 0 Å². The summed E-state index contributed by atoms with van der Waals surface area (Å²) in [5.74, 6) is 0.324. The predicted molar refractivity (Wildman–Crippen MR) is 123 cm³/mol. The van der Waals surface area contributed by atoms with Gasteiger partial charge in [0, 0.05) is 11.4 Å². The van der Waals surface area contributed by atoms with Crippen LogP contribution >= 0.6 is 0 Å². The molecule has 31 heavy (non-hydrogen) atoms. The third-order valence-electron chi connectivity index (χ3n) is 4.45. The van der Waals surface area contributed by atoms with E-state index in [9.17, 15) is 9.59 Å². The summed E-state index contributed by atoms with van der Waals surface area (Å²) in [6.45, 7) is 3.92. The molecule has 0 heterocycles. The molecule has 3 rings (SSSR count). The number of rotatable bonds is 7. The van der Waals surface area contributed by atoms with Crippen LogP contribution in [-0.4, -0.2) is 24.8 Å². The van der Waals surface area contributed by atoms with E-state index in [-0.39, 0.29) is 12.5 Å². The van der Waals surface area contributed by atoms with Gasteiger partial charge in [-0.15, -0.1) is 0 Å². The number of hydrogen-bond acceptors (Lipinski definition) is 4. The first-order valence-electron chi connectivity index (χ1n) is 9.75.